The van der Waals surface area contributed by atoms with Gasteiger partial charge in [-0.2, -0.15) is 0 Å². The summed E-state index contributed by atoms with van der Waals surface area (Å²) in [4.78, 5) is 2.69. The molecule has 1 unspecified atom stereocenters. The lowest BCUT2D eigenvalue weighted by Crippen LogP contribution is -2.45. The lowest BCUT2D eigenvalue weighted by Gasteiger charge is -2.39. The van der Waals surface area contributed by atoms with Crippen molar-refractivity contribution in [2.24, 2.45) is 5.92 Å². The number of allylic oxidation sites excluding steroid dienone is 6. The van der Waals surface area contributed by atoms with Gasteiger partial charge in [0.2, 0.25) is 0 Å². The van der Waals surface area contributed by atoms with Crippen molar-refractivity contribution in [2.45, 2.75) is 102 Å². The van der Waals surface area contributed by atoms with Gasteiger partial charge in [0.1, 0.15) is 0 Å². The van der Waals surface area contributed by atoms with Gasteiger partial charge in [0, 0.05) is 18.0 Å². The Morgan fingerprint density at radius 1 is 0.782 bits per heavy atom. The van der Waals surface area contributed by atoms with Gasteiger partial charge in [0.15, 0.2) is 7.28 Å². The summed E-state index contributed by atoms with van der Waals surface area (Å²) < 4.78 is 0. The molecule has 273 valence electrons. The Bertz CT molecular complexity index is 2360. The fraction of sp³-hybridized carbons (Fsp3) is 0.321. The molecule has 1 radical (unpaired) electrons. The van der Waals surface area contributed by atoms with E-state index in [1.54, 1.807) is 11.0 Å². The standard InChI is InChI=1S/C53H53BN/c1-3-52-51(50-19-10-11-20-53(50)54-52)33-37(2)42-21-22-46-36-49(32-27-45(46)34-42)55(47-28-23-40(24-29-47)38-13-6-4-7-14-38)48-30-25-41(26-31-48)44-18-12-17-43(35-44)39-15-8-5-9-16-39/h5,8-9,12-13,15-18,21-30,34-37,48-50,53H,3-4,6-7,11,14,20,31-33H2,1-2H3/t37-,48-,49+,50-,53?/m0/s1. The molecule has 0 N–H and O–H groups in total. The third-order valence-electron chi connectivity index (χ3n) is 13.0. The third-order valence-corrected chi connectivity index (χ3v) is 13.0. The largest absolute Gasteiger partial charge is 0.358 e. The number of anilines is 1. The fourth-order valence-corrected chi connectivity index (χ4v) is 9.90. The topological polar surface area (TPSA) is 3.24 Å². The summed E-state index contributed by atoms with van der Waals surface area (Å²) in [5.41, 5.74) is 14.0. The van der Waals surface area contributed by atoms with Crippen molar-refractivity contribution in [1.82, 2.24) is 0 Å². The lowest BCUT2D eigenvalue weighted by molar-refractivity contribution is 0.601. The minimum absolute atomic E-state index is 0.271. The molecule has 0 saturated carbocycles. The van der Waals surface area contributed by atoms with Gasteiger partial charge >= 0.3 is 0 Å². The highest BCUT2D eigenvalue weighted by Gasteiger charge is 2.35. The number of nitrogens with zero attached hydrogens (tertiary/aromatic N) is 1. The van der Waals surface area contributed by atoms with Crippen LogP contribution in [0, 0.1) is 17.8 Å². The van der Waals surface area contributed by atoms with Crippen LogP contribution in [-0.4, -0.2) is 19.4 Å². The average molecular weight is 715 g/mol. The molecule has 0 amide bonds. The van der Waals surface area contributed by atoms with Crippen LogP contribution in [0.3, 0.4) is 0 Å². The normalized spacial score (nSPS) is 23.1. The van der Waals surface area contributed by atoms with E-state index in [-0.39, 0.29) is 12.1 Å². The summed E-state index contributed by atoms with van der Waals surface area (Å²) >= 11 is 0. The number of hydrogen-bond donors (Lipinski definition) is 0. The molecule has 0 bridgehead atoms. The highest BCUT2D eigenvalue weighted by Crippen LogP contribution is 2.45. The summed E-state index contributed by atoms with van der Waals surface area (Å²) in [7, 11) is 2.56. The smallest absolute Gasteiger partial charge is 0.151 e. The first-order valence-corrected chi connectivity index (χ1v) is 21.1. The molecule has 0 saturated heterocycles. The van der Waals surface area contributed by atoms with E-state index in [1.165, 1.54) is 87.2 Å². The van der Waals surface area contributed by atoms with Crippen LogP contribution in [0.4, 0.5) is 5.69 Å². The second kappa shape index (κ2) is 16.0. The van der Waals surface area contributed by atoms with Gasteiger partial charge in [-0.1, -0.05) is 141 Å². The summed E-state index contributed by atoms with van der Waals surface area (Å²) in [6.07, 6.45) is 26.3. The predicted molar refractivity (Wildman–Crippen MR) is 236 cm³/mol. The Morgan fingerprint density at radius 3 is 2.42 bits per heavy atom. The zero-order chi connectivity index (χ0) is 37.1. The Labute approximate surface area is 330 Å². The minimum Gasteiger partial charge on any atom is -0.358 e. The second-order valence-electron chi connectivity index (χ2n) is 16.4. The van der Waals surface area contributed by atoms with Gasteiger partial charge in [-0.05, 0) is 137 Å². The van der Waals surface area contributed by atoms with Crippen LogP contribution < -0.4 is 15.3 Å². The molecule has 1 heterocycles. The SMILES string of the molecule is CCC1=C(C[C@H](C)c2ccc3c(c2)=CC[C@@H](N(c2ccc(C4=CCCCC4)cc2)[C@H]2C=CC(c4cccc(-c5ccccc5)c4)=CC2)C=3)[C@@H]2C#CCCC2[B]1. The van der Waals surface area contributed by atoms with E-state index in [1.807, 2.05) is 0 Å². The highest BCUT2D eigenvalue weighted by molar-refractivity contribution is 6.49. The maximum absolute atomic E-state index is 3.63. The monoisotopic (exact) mass is 714 g/mol. The van der Waals surface area contributed by atoms with Crippen molar-refractivity contribution in [3.8, 4) is 23.0 Å². The van der Waals surface area contributed by atoms with Crippen LogP contribution in [0.15, 0.2) is 132 Å². The Morgan fingerprint density at radius 2 is 1.62 bits per heavy atom. The van der Waals surface area contributed by atoms with Gasteiger partial charge in [0.25, 0.3) is 0 Å². The molecule has 55 heavy (non-hydrogen) atoms. The molecule has 4 aromatic rings. The van der Waals surface area contributed by atoms with Gasteiger partial charge in [-0.25, -0.2) is 0 Å². The molecular formula is C53H53BN. The van der Waals surface area contributed by atoms with Crippen LogP contribution in [0.25, 0.3) is 34.4 Å². The molecule has 0 aromatic heterocycles. The molecule has 1 nitrogen and oxygen atoms in total. The van der Waals surface area contributed by atoms with Crippen molar-refractivity contribution < 1.29 is 0 Å². The maximum atomic E-state index is 3.63. The van der Waals surface area contributed by atoms with Crippen LogP contribution in [-0.2, 0) is 0 Å². The quantitative estimate of drug-likeness (QED) is 0.117. The van der Waals surface area contributed by atoms with Crippen LogP contribution >= 0.6 is 0 Å². The summed E-state index contributed by atoms with van der Waals surface area (Å²) in [5, 5.41) is 2.74. The van der Waals surface area contributed by atoms with Crippen molar-refractivity contribution in [1.29, 1.82) is 0 Å². The zero-order valence-electron chi connectivity index (χ0n) is 32.7. The predicted octanol–water partition coefficient (Wildman–Crippen LogP) is 11.6. The molecule has 4 aliphatic carbocycles. The Balaban J connectivity index is 0.986. The minimum atomic E-state index is 0.271. The molecule has 5 atom stereocenters. The molecule has 1 aliphatic heterocycles. The van der Waals surface area contributed by atoms with Crippen molar-refractivity contribution in [3.63, 3.8) is 0 Å². The summed E-state index contributed by atoms with van der Waals surface area (Å²) in [5.74, 6) is 8.63. The molecule has 0 spiro atoms. The van der Waals surface area contributed by atoms with E-state index in [2.05, 4.69) is 171 Å². The van der Waals surface area contributed by atoms with Gasteiger partial charge in [-0.15, -0.1) is 11.4 Å². The van der Waals surface area contributed by atoms with E-state index in [4.69, 9.17) is 0 Å². The number of fused-ring (bicyclic) bond motifs is 2. The van der Waals surface area contributed by atoms with E-state index >= 15 is 0 Å². The summed E-state index contributed by atoms with van der Waals surface area (Å²) in [6.45, 7) is 4.74. The van der Waals surface area contributed by atoms with Crippen LogP contribution in [0.5, 0.6) is 0 Å². The first-order chi connectivity index (χ1) is 27.1. The van der Waals surface area contributed by atoms with E-state index in [0.717, 1.165) is 32.1 Å². The number of hydrogen-bond acceptors (Lipinski definition) is 1. The van der Waals surface area contributed by atoms with E-state index in [0.29, 0.717) is 17.7 Å². The molecule has 0 fully saturated rings. The number of rotatable bonds is 10. The van der Waals surface area contributed by atoms with Crippen molar-refractivity contribution in [2.75, 3.05) is 4.90 Å². The van der Waals surface area contributed by atoms with Gasteiger partial charge < -0.3 is 4.90 Å². The van der Waals surface area contributed by atoms with Crippen molar-refractivity contribution >= 4 is 36.3 Å². The highest BCUT2D eigenvalue weighted by atomic mass is 15.2. The first-order valence-electron chi connectivity index (χ1n) is 21.1. The number of benzene rings is 4. The van der Waals surface area contributed by atoms with Gasteiger partial charge in [-0.3, -0.25) is 0 Å². The maximum Gasteiger partial charge on any atom is 0.151 e. The summed E-state index contributed by atoms with van der Waals surface area (Å²) in [6, 6.07) is 37.1. The molecule has 4 aromatic carbocycles. The van der Waals surface area contributed by atoms with Crippen molar-refractivity contribution in [3.05, 3.63) is 160 Å². The fourth-order valence-electron chi connectivity index (χ4n) is 9.90. The van der Waals surface area contributed by atoms with E-state index in [9.17, 15) is 0 Å². The molecule has 5 aliphatic rings. The molecule has 2 heteroatoms. The first kappa shape index (κ1) is 35.7. The van der Waals surface area contributed by atoms with Crippen LogP contribution in [0.2, 0.25) is 5.82 Å². The van der Waals surface area contributed by atoms with E-state index < -0.39 is 0 Å². The lowest BCUT2D eigenvalue weighted by atomic mass is 9.58. The van der Waals surface area contributed by atoms with Crippen LogP contribution in [0.1, 0.15) is 101 Å². The average Bonchev–Trinajstić information content (AvgIpc) is 3.61. The Hall–Kier alpha value is -5.00. The van der Waals surface area contributed by atoms with Gasteiger partial charge in [0.05, 0.1) is 12.1 Å². The molecule has 9 rings (SSSR count). The zero-order valence-corrected chi connectivity index (χ0v) is 32.7. The second-order valence-corrected chi connectivity index (χ2v) is 16.4. The third kappa shape index (κ3) is 7.52. The molecular weight excluding hydrogens is 661 g/mol. The Kier molecular flexibility index (Phi) is 10.4.